The summed E-state index contributed by atoms with van der Waals surface area (Å²) < 4.78 is 27.1. The van der Waals surface area contributed by atoms with Crippen LogP contribution >= 0.6 is 0 Å². The Balaban J connectivity index is 1.60. The van der Waals surface area contributed by atoms with Crippen molar-refractivity contribution in [2.75, 3.05) is 18.0 Å². The molecule has 2 aliphatic rings. The first-order valence-corrected chi connectivity index (χ1v) is 13.0. The fraction of sp³-hybridized carbons (Fsp3) is 0.286. The summed E-state index contributed by atoms with van der Waals surface area (Å²) in [6, 6.07) is 17.9. The van der Waals surface area contributed by atoms with E-state index >= 15 is 0 Å². The molecule has 2 amide bonds. The first-order chi connectivity index (χ1) is 16.8. The van der Waals surface area contributed by atoms with Gasteiger partial charge in [0.15, 0.2) is 0 Å². The number of likely N-dealkylation sites (tertiary alicyclic amines) is 1. The number of nitrogens with zero attached hydrogens (tertiary/aromatic N) is 2. The van der Waals surface area contributed by atoms with Gasteiger partial charge in [0.05, 0.1) is 38.4 Å². The summed E-state index contributed by atoms with van der Waals surface area (Å²) >= 11 is 0. The smallest absolute Gasteiger partial charge is 0.259 e. The number of fused-ring (bicyclic) bond motifs is 2. The van der Waals surface area contributed by atoms with Crippen LogP contribution in [-0.4, -0.2) is 34.0 Å². The molecule has 0 aromatic heterocycles. The highest BCUT2D eigenvalue weighted by Crippen LogP contribution is 2.36. The van der Waals surface area contributed by atoms with Crippen LogP contribution in [0.15, 0.2) is 76.5 Å². The molecular formula is C28H27FN2O3S. The average molecular weight is 491 g/mol. The third-order valence-corrected chi connectivity index (χ3v) is 8.17. The first kappa shape index (κ1) is 23.4. The normalized spacial score (nSPS) is 21.8. The minimum atomic E-state index is -1.60. The van der Waals surface area contributed by atoms with Crippen LogP contribution in [0.4, 0.5) is 10.1 Å². The minimum absolute atomic E-state index is 0.0899. The molecule has 35 heavy (non-hydrogen) atoms. The predicted molar refractivity (Wildman–Crippen MR) is 133 cm³/mol. The van der Waals surface area contributed by atoms with Crippen LogP contribution in [0, 0.1) is 17.7 Å². The Kier molecular flexibility index (Phi) is 6.28. The fourth-order valence-electron chi connectivity index (χ4n) is 5.14. The van der Waals surface area contributed by atoms with E-state index in [1.165, 1.54) is 12.1 Å². The molecule has 0 unspecified atom stereocenters. The third-order valence-electron chi connectivity index (χ3n) is 6.67. The molecule has 180 valence electrons. The monoisotopic (exact) mass is 490 g/mol. The maximum atomic E-state index is 13.7. The fourth-order valence-corrected chi connectivity index (χ4v) is 6.48. The lowest BCUT2D eigenvalue weighted by atomic mass is 9.91. The number of carbonyl (C=O) groups excluding carboxylic acids is 2. The number of piperidine rings is 1. The molecule has 7 heteroatoms. The number of carbonyl (C=O) groups is 2. The van der Waals surface area contributed by atoms with Crippen LogP contribution in [0.3, 0.4) is 0 Å². The highest BCUT2D eigenvalue weighted by atomic mass is 32.2. The molecule has 5 rings (SSSR count). The van der Waals surface area contributed by atoms with Crippen molar-refractivity contribution in [1.29, 1.82) is 0 Å². The van der Waals surface area contributed by atoms with Crippen molar-refractivity contribution >= 4 is 28.3 Å². The minimum Gasteiger partial charge on any atom is -0.338 e. The van der Waals surface area contributed by atoms with Gasteiger partial charge in [-0.05, 0) is 66.3 Å². The molecule has 3 atom stereocenters. The molecule has 2 heterocycles. The SMILES string of the molecule is C[C@@H]1C[C@@H](C)CN(C(=O)c2ccc3c(c2)N(Cc2ccc(F)cc2)C(=O)c2ccccc2[S@@]3=O)C1. The molecule has 0 N–H and O–H groups in total. The Morgan fingerprint density at radius 3 is 2.37 bits per heavy atom. The first-order valence-electron chi connectivity index (χ1n) is 11.8. The molecule has 0 aliphatic carbocycles. The van der Waals surface area contributed by atoms with Crippen molar-refractivity contribution in [1.82, 2.24) is 4.90 Å². The lowest BCUT2D eigenvalue weighted by Gasteiger charge is -2.35. The van der Waals surface area contributed by atoms with Gasteiger partial charge in [-0.1, -0.05) is 38.1 Å². The zero-order chi connectivity index (χ0) is 24.7. The molecule has 5 nitrogen and oxygen atoms in total. The number of anilines is 1. The summed E-state index contributed by atoms with van der Waals surface area (Å²) in [5, 5.41) is 0. The average Bonchev–Trinajstić information content (AvgIpc) is 2.93. The van der Waals surface area contributed by atoms with Crippen LogP contribution < -0.4 is 4.90 Å². The van der Waals surface area contributed by atoms with E-state index < -0.39 is 10.8 Å². The lowest BCUT2D eigenvalue weighted by molar-refractivity contribution is 0.0623. The number of amides is 2. The zero-order valence-electron chi connectivity index (χ0n) is 19.7. The Bertz CT molecular complexity index is 1310. The second-order valence-electron chi connectivity index (χ2n) is 9.62. The molecule has 1 fully saturated rings. The summed E-state index contributed by atoms with van der Waals surface area (Å²) in [6.07, 6.45) is 1.09. The van der Waals surface area contributed by atoms with Gasteiger partial charge in [-0.25, -0.2) is 8.60 Å². The summed E-state index contributed by atoms with van der Waals surface area (Å²) in [5.74, 6) is 0.0830. The van der Waals surface area contributed by atoms with Gasteiger partial charge < -0.3 is 9.80 Å². The van der Waals surface area contributed by atoms with Crippen molar-refractivity contribution in [3.05, 3.63) is 89.2 Å². The van der Waals surface area contributed by atoms with Gasteiger partial charge >= 0.3 is 0 Å². The Morgan fingerprint density at radius 1 is 0.971 bits per heavy atom. The van der Waals surface area contributed by atoms with Crippen LogP contribution in [0.2, 0.25) is 0 Å². The summed E-state index contributed by atoms with van der Waals surface area (Å²) in [5.41, 5.74) is 1.99. The van der Waals surface area contributed by atoms with E-state index in [-0.39, 0.29) is 24.2 Å². The summed E-state index contributed by atoms with van der Waals surface area (Å²) in [7, 11) is -1.60. The largest absolute Gasteiger partial charge is 0.338 e. The van der Waals surface area contributed by atoms with Crippen molar-refractivity contribution in [3.8, 4) is 0 Å². The maximum absolute atomic E-state index is 13.7. The van der Waals surface area contributed by atoms with E-state index in [4.69, 9.17) is 0 Å². The molecule has 3 aromatic rings. The Hall–Kier alpha value is -3.32. The number of hydrogen-bond donors (Lipinski definition) is 0. The molecule has 3 aromatic carbocycles. The van der Waals surface area contributed by atoms with Gasteiger partial charge in [0.1, 0.15) is 5.82 Å². The van der Waals surface area contributed by atoms with Gasteiger partial charge in [-0.15, -0.1) is 0 Å². The van der Waals surface area contributed by atoms with Crippen molar-refractivity contribution < 1.29 is 18.2 Å². The van der Waals surface area contributed by atoms with Gasteiger partial charge in [0, 0.05) is 18.7 Å². The Morgan fingerprint density at radius 2 is 1.66 bits per heavy atom. The molecule has 0 saturated carbocycles. The lowest BCUT2D eigenvalue weighted by Crippen LogP contribution is -2.42. The third kappa shape index (κ3) is 4.52. The van der Waals surface area contributed by atoms with Gasteiger partial charge in [-0.2, -0.15) is 0 Å². The van der Waals surface area contributed by atoms with E-state index in [0.717, 1.165) is 12.0 Å². The van der Waals surface area contributed by atoms with E-state index in [2.05, 4.69) is 13.8 Å². The highest BCUT2D eigenvalue weighted by molar-refractivity contribution is 7.85. The molecular weight excluding hydrogens is 463 g/mol. The second kappa shape index (κ2) is 9.38. The van der Waals surface area contributed by atoms with Crippen LogP contribution in [0.1, 0.15) is 46.5 Å². The quantitative estimate of drug-likeness (QED) is 0.503. The second-order valence-corrected chi connectivity index (χ2v) is 11.0. The van der Waals surface area contributed by atoms with E-state index in [1.807, 2.05) is 4.90 Å². The summed E-state index contributed by atoms with van der Waals surface area (Å²) in [6.45, 7) is 5.84. The summed E-state index contributed by atoms with van der Waals surface area (Å²) in [4.78, 5) is 31.5. The van der Waals surface area contributed by atoms with Crippen molar-refractivity contribution in [2.24, 2.45) is 11.8 Å². The Labute approximate surface area is 207 Å². The van der Waals surface area contributed by atoms with Gasteiger partial charge in [0.25, 0.3) is 11.8 Å². The molecule has 2 aliphatic heterocycles. The molecule has 0 spiro atoms. The number of hydrogen-bond acceptors (Lipinski definition) is 3. The standard InChI is InChI=1S/C28H27FN2O3S/c1-18-13-19(2)16-30(15-18)27(32)21-9-12-26-24(14-21)31(17-20-7-10-22(29)11-8-20)28(33)23-5-3-4-6-25(23)35(26)34/h3-12,14,18-19H,13,15-17H2,1-2H3/t18-,19-,35+/m1/s1. The predicted octanol–water partition coefficient (Wildman–Crippen LogP) is 5.27. The van der Waals surface area contributed by atoms with E-state index in [1.54, 1.807) is 59.5 Å². The van der Waals surface area contributed by atoms with Crippen molar-refractivity contribution in [2.45, 2.75) is 36.6 Å². The van der Waals surface area contributed by atoms with Gasteiger partial charge in [0.2, 0.25) is 0 Å². The zero-order valence-corrected chi connectivity index (χ0v) is 20.6. The molecule has 0 bridgehead atoms. The van der Waals surface area contributed by atoms with Crippen molar-refractivity contribution in [3.63, 3.8) is 0 Å². The number of halogens is 1. The van der Waals surface area contributed by atoms with Crippen LogP contribution in [-0.2, 0) is 17.3 Å². The topological polar surface area (TPSA) is 57.7 Å². The van der Waals surface area contributed by atoms with Gasteiger partial charge in [-0.3, -0.25) is 9.59 Å². The molecule has 0 radical (unpaired) electrons. The van der Waals surface area contributed by atoms with Crippen LogP contribution in [0.5, 0.6) is 0 Å². The van der Waals surface area contributed by atoms with E-state index in [9.17, 15) is 18.2 Å². The maximum Gasteiger partial charge on any atom is 0.259 e. The highest BCUT2D eigenvalue weighted by Gasteiger charge is 2.33. The van der Waals surface area contributed by atoms with E-state index in [0.29, 0.717) is 51.5 Å². The molecule has 1 saturated heterocycles. The number of rotatable bonds is 3. The van der Waals surface area contributed by atoms with Crippen LogP contribution in [0.25, 0.3) is 0 Å². The number of benzene rings is 3.